The van der Waals surface area contributed by atoms with Crippen molar-refractivity contribution in [3.05, 3.63) is 64.7 Å². The van der Waals surface area contributed by atoms with Gasteiger partial charge in [-0.1, -0.05) is 73.6 Å². The first-order valence-electron chi connectivity index (χ1n) is 7.48. The molecule has 2 aromatic carbocycles. The van der Waals surface area contributed by atoms with Crippen LogP contribution < -0.4 is 4.74 Å². The fourth-order valence-corrected chi connectivity index (χ4v) is 3.01. The average molecular weight is 359 g/mol. The van der Waals surface area contributed by atoms with Crippen LogP contribution in [0.5, 0.6) is 5.75 Å². The van der Waals surface area contributed by atoms with Gasteiger partial charge in [-0.3, -0.25) is 0 Å². The summed E-state index contributed by atoms with van der Waals surface area (Å²) in [5.74, 6) is 0.949. The molecule has 1 nitrogen and oxygen atoms in total. The van der Waals surface area contributed by atoms with Gasteiger partial charge in [0.2, 0.25) is 0 Å². The number of ether oxygens (including phenoxy) is 1. The number of halogens is 1. The zero-order valence-electron chi connectivity index (χ0n) is 13.7. The van der Waals surface area contributed by atoms with Crippen LogP contribution in [-0.4, -0.2) is 6.61 Å². The van der Waals surface area contributed by atoms with Crippen LogP contribution in [0.25, 0.3) is 11.1 Å². The quantitative estimate of drug-likeness (QED) is 0.583. The van der Waals surface area contributed by atoms with Gasteiger partial charge in [0.15, 0.2) is 0 Å². The summed E-state index contributed by atoms with van der Waals surface area (Å²) >= 11 is 3.66. The van der Waals surface area contributed by atoms with E-state index in [9.17, 15) is 0 Å². The third-order valence-electron chi connectivity index (χ3n) is 3.55. The van der Waals surface area contributed by atoms with E-state index in [1.54, 1.807) is 6.08 Å². The Balaban J connectivity index is 2.74. The van der Waals surface area contributed by atoms with E-state index in [0.29, 0.717) is 6.61 Å². The first-order chi connectivity index (χ1) is 10.3. The van der Waals surface area contributed by atoms with Crippen molar-refractivity contribution in [3.8, 4) is 16.9 Å². The summed E-state index contributed by atoms with van der Waals surface area (Å²) in [6.07, 6.45) is 1.79. The lowest BCUT2D eigenvalue weighted by Crippen LogP contribution is -2.14. The van der Waals surface area contributed by atoms with Gasteiger partial charge in [-0.05, 0) is 35.6 Å². The number of hydrogen-bond donors (Lipinski definition) is 0. The molecule has 0 radical (unpaired) electrons. The van der Waals surface area contributed by atoms with Crippen molar-refractivity contribution in [3.63, 3.8) is 0 Å². The van der Waals surface area contributed by atoms with Crippen molar-refractivity contribution in [2.45, 2.75) is 33.1 Å². The summed E-state index contributed by atoms with van der Waals surface area (Å²) in [7, 11) is 0. The second-order valence-corrected chi connectivity index (χ2v) is 7.37. The van der Waals surface area contributed by atoms with Gasteiger partial charge in [-0.15, -0.1) is 0 Å². The molecule has 0 aliphatic heterocycles. The van der Waals surface area contributed by atoms with Gasteiger partial charge in [0.05, 0.1) is 0 Å². The molecule has 22 heavy (non-hydrogen) atoms. The molecular formula is C20H23BrO. The molecule has 2 aromatic rings. The molecule has 2 heteroatoms. The fraction of sp³-hybridized carbons (Fsp3) is 0.300. The smallest absolute Gasteiger partial charge is 0.131 e. The van der Waals surface area contributed by atoms with Crippen LogP contribution in [0.15, 0.2) is 53.5 Å². The van der Waals surface area contributed by atoms with Crippen molar-refractivity contribution in [2.24, 2.45) is 0 Å². The van der Waals surface area contributed by atoms with E-state index in [-0.39, 0.29) is 5.41 Å². The Morgan fingerprint density at radius 2 is 1.82 bits per heavy atom. The van der Waals surface area contributed by atoms with Crippen LogP contribution in [0.2, 0.25) is 0 Å². The molecule has 0 bridgehead atoms. The SMILES string of the molecule is C=CCOc1c(-c2ccccc2Br)cc(C)cc1C(C)(C)C. The van der Waals surface area contributed by atoms with Gasteiger partial charge < -0.3 is 4.74 Å². The highest BCUT2D eigenvalue weighted by Crippen LogP contribution is 2.42. The van der Waals surface area contributed by atoms with Crippen LogP contribution in [0.1, 0.15) is 31.9 Å². The van der Waals surface area contributed by atoms with E-state index in [0.717, 1.165) is 21.3 Å². The number of benzene rings is 2. The van der Waals surface area contributed by atoms with E-state index < -0.39 is 0 Å². The minimum Gasteiger partial charge on any atom is -0.489 e. The minimum atomic E-state index is 0.0124. The summed E-state index contributed by atoms with van der Waals surface area (Å²) in [4.78, 5) is 0. The van der Waals surface area contributed by atoms with E-state index >= 15 is 0 Å². The van der Waals surface area contributed by atoms with Gasteiger partial charge in [0, 0.05) is 15.6 Å². The minimum absolute atomic E-state index is 0.0124. The molecule has 0 unspecified atom stereocenters. The van der Waals surface area contributed by atoms with Gasteiger partial charge in [0.25, 0.3) is 0 Å². The zero-order valence-corrected chi connectivity index (χ0v) is 15.3. The van der Waals surface area contributed by atoms with E-state index in [1.807, 2.05) is 6.07 Å². The monoisotopic (exact) mass is 358 g/mol. The Bertz CT molecular complexity index is 681. The topological polar surface area (TPSA) is 9.23 Å². The summed E-state index contributed by atoms with van der Waals surface area (Å²) < 4.78 is 7.14. The standard InChI is InChI=1S/C20H23BrO/c1-6-11-22-19-16(15-9-7-8-10-18(15)21)12-14(2)13-17(19)20(3,4)5/h6-10,12-13H,1,11H2,2-5H3. The van der Waals surface area contributed by atoms with Crippen LogP contribution in [0.4, 0.5) is 0 Å². The molecule has 116 valence electrons. The zero-order chi connectivity index (χ0) is 16.3. The number of hydrogen-bond acceptors (Lipinski definition) is 1. The third kappa shape index (κ3) is 3.61. The molecular weight excluding hydrogens is 336 g/mol. The normalized spacial score (nSPS) is 11.3. The molecule has 0 aromatic heterocycles. The highest BCUT2D eigenvalue weighted by molar-refractivity contribution is 9.10. The summed E-state index contributed by atoms with van der Waals surface area (Å²) in [6, 6.07) is 12.7. The Hall–Kier alpha value is -1.54. The molecule has 0 saturated heterocycles. The maximum atomic E-state index is 6.07. The predicted octanol–water partition coefficient (Wildman–Crippen LogP) is 6.29. The van der Waals surface area contributed by atoms with Crippen molar-refractivity contribution in [1.82, 2.24) is 0 Å². The Kier molecular flexibility index (Phi) is 5.12. The van der Waals surface area contributed by atoms with E-state index in [1.165, 1.54) is 11.1 Å². The van der Waals surface area contributed by atoms with Crippen molar-refractivity contribution in [1.29, 1.82) is 0 Å². The second kappa shape index (κ2) is 6.70. The van der Waals surface area contributed by atoms with Crippen LogP contribution in [0.3, 0.4) is 0 Å². The molecule has 2 rings (SSSR count). The van der Waals surface area contributed by atoms with Crippen LogP contribution in [-0.2, 0) is 5.41 Å². The lowest BCUT2D eigenvalue weighted by molar-refractivity contribution is 0.352. The molecule has 0 saturated carbocycles. The fourth-order valence-electron chi connectivity index (χ4n) is 2.51. The van der Waals surface area contributed by atoms with Gasteiger partial charge in [-0.2, -0.15) is 0 Å². The Morgan fingerprint density at radius 1 is 1.14 bits per heavy atom. The molecule has 0 heterocycles. The van der Waals surface area contributed by atoms with Gasteiger partial charge in [0.1, 0.15) is 12.4 Å². The first kappa shape index (κ1) is 16.8. The second-order valence-electron chi connectivity index (χ2n) is 6.52. The molecule has 0 aliphatic rings. The summed E-state index contributed by atoms with van der Waals surface area (Å²) in [5, 5.41) is 0. The van der Waals surface area contributed by atoms with Gasteiger partial charge >= 0.3 is 0 Å². The Labute approximate surface area is 142 Å². The van der Waals surface area contributed by atoms with E-state index in [2.05, 4.69) is 80.5 Å². The van der Waals surface area contributed by atoms with Crippen LogP contribution >= 0.6 is 15.9 Å². The maximum Gasteiger partial charge on any atom is 0.131 e. The number of aryl methyl sites for hydroxylation is 1. The molecule has 0 amide bonds. The summed E-state index contributed by atoms with van der Waals surface area (Å²) in [5.41, 5.74) is 4.75. The van der Waals surface area contributed by atoms with Gasteiger partial charge in [-0.25, -0.2) is 0 Å². The van der Waals surface area contributed by atoms with Crippen molar-refractivity contribution < 1.29 is 4.74 Å². The molecule has 0 atom stereocenters. The van der Waals surface area contributed by atoms with Crippen molar-refractivity contribution >= 4 is 15.9 Å². The highest BCUT2D eigenvalue weighted by Gasteiger charge is 2.23. The molecule has 0 fully saturated rings. The molecule has 0 spiro atoms. The lowest BCUT2D eigenvalue weighted by atomic mass is 9.83. The average Bonchev–Trinajstić information content (AvgIpc) is 2.45. The lowest BCUT2D eigenvalue weighted by Gasteiger charge is -2.26. The van der Waals surface area contributed by atoms with E-state index in [4.69, 9.17) is 4.74 Å². The predicted molar refractivity (Wildman–Crippen MR) is 98.7 cm³/mol. The maximum absolute atomic E-state index is 6.07. The molecule has 0 N–H and O–H groups in total. The van der Waals surface area contributed by atoms with Crippen molar-refractivity contribution in [2.75, 3.05) is 6.61 Å². The first-order valence-corrected chi connectivity index (χ1v) is 8.27. The van der Waals surface area contributed by atoms with Crippen LogP contribution in [0, 0.1) is 6.92 Å². The number of rotatable bonds is 4. The highest BCUT2D eigenvalue weighted by atomic mass is 79.9. The Morgan fingerprint density at radius 3 is 2.41 bits per heavy atom. The third-order valence-corrected chi connectivity index (χ3v) is 4.24. The largest absolute Gasteiger partial charge is 0.489 e. The summed E-state index contributed by atoms with van der Waals surface area (Å²) in [6.45, 7) is 13.1. The molecule has 0 aliphatic carbocycles.